The molecule has 0 aliphatic rings. The zero-order valence-electron chi connectivity index (χ0n) is 9.90. The number of amides is 1. The summed E-state index contributed by atoms with van der Waals surface area (Å²) in [6.07, 6.45) is -1.49. The van der Waals surface area contributed by atoms with Gasteiger partial charge in [0.25, 0.3) is 5.91 Å². The molecule has 0 radical (unpaired) electrons. The van der Waals surface area contributed by atoms with Crippen molar-refractivity contribution in [2.45, 2.75) is 13.1 Å². The second-order valence-electron chi connectivity index (χ2n) is 3.94. The maximum Gasteiger partial charge on any atom is 0.416 e. The highest BCUT2D eigenvalue weighted by Crippen LogP contribution is 2.31. The Hall–Kier alpha value is -2.31. The second-order valence-corrected chi connectivity index (χ2v) is 3.94. The summed E-state index contributed by atoms with van der Waals surface area (Å²) in [5.74, 6) is -0.378. The monoisotopic (exact) mass is 269 g/mol. The molecule has 0 aliphatic carbocycles. The fourth-order valence-electron chi connectivity index (χ4n) is 1.75. The van der Waals surface area contributed by atoms with Crippen molar-refractivity contribution in [2.24, 2.45) is 5.73 Å². The normalized spacial score (nSPS) is 11.6. The third-order valence-corrected chi connectivity index (χ3v) is 2.67. The standard InChI is InChI=1S/C12H10F3N3O/c1-7-17-4-5-18(7)10-3-2-8(12(13,14)15)6-9(10)11(16)19/h2-6H,1H3,(H2,16,19). The molecule has 1 aromatic carbocycles. The van der Waals surface area contributed by atoms with Gasteiger partial charge in [-0.2, -0.15) is 13.2 Å². The summed E-state index contributed by atoms with van der Waals surface area (Å²) in [6.45, 7) is 1.67. The van der Waals surface area contributed by atoms with E-state index in [4.69, 9.17) is 5.73 Å². The molecule has 0 unspecified atom stereocenters. The van der Waals surface area contributed by atoms with Crippen molar-refractivity contribution >= 4 is 5.91 Å². The average Bonchev–Trinajstić information content (AvgIpc) is 2.73. The van der Waals surface area contributed by atoms with Gasteiger partial charge in [-0.25, -0.2) is 4.98 Å². The molecular weight excluding hydrogens is 259 g/mol. The van der Waals surface area contributed by atoms with Gasteiger partial charge in [-0.15, -0.1) is 0 Å². The molecule has 0 bridgehead atoms. The quantitative estimate of drug-likeness (QED) is 0.909. The van der Waals surface area contributed by atoms with Crippen LogP contribution in [0.3, 0.4) is 0 Å². The molecule has 0 aliphatic heterocycles. The Morgan fingerprint density at radius 2 is 2.05 bits per heavy atom. The molecule has 0 fully saturated rings. The van der Waals surface area contributed by atoms with Crippen LogP contribution in [-0.4, -0.2) is 15.5 Å². The Bertz CT molecular complexity index is 631. The zero-order valence-corrected chi connectivity index (χ0v) is 9.90. The molecule has 0 atom stereocenters. The number of rotatable bonds is 2. The van der Waals surface area contributed by atoms with Crippen molar-refractivity contribution in [2.75, 3.05) is 0 Å². The van der Waals surface area contributed by atoms with Crippen LogP contribution in [0.15, 0.2) is 30.6 Å². The lowest BCUT2D eigenvalue weighted by Crippen LogP contribution is -2.17. The number of hydrogen-bond donors (Lipinski definition) is 1. The SMILES string of the molecule is Cc1nccn1-c1ccc(C(F)(F)F)cc1C(N)=O. The van der Waals surface area contributed by atoms with Crippen LogP contribution in [0.2, 0.25) is 0 Å². The van der Waals surface area contributed by atoms with Gasteiger partial charge in [-0.3, -0.25) is 4.79 Å². The molecular formula is C12H10F3N3O. The Morgan fingerprint density at radius 3 is 2.53 bits per heavy atom. The summed E-state index contributed by atoms with van der Waals surface area (Å²) in [5.41, 5.74) is 4.30. The minimum absolute atomic E-state index is 0.198. The molecule has 1 amide bonds. The summed E-state index contributed by atoms with van der Waals surface area (Å²) < 4.78 is 39.3. The zero-order chi connectivity index (χ0) is 14.2. The topological polar surface area (TPSA) is 60.9 Å². The molecule has 0 saturated carbocycles. The Labute approximate surface area is 106 Å². The molecule has 2 rings (SSSR count). The number of carbonyl (C=O) groups excluding carboxylic acids is 1. The van der Waals surface area contributed by atoms with Gasteiger partial charge in [0.15, 0.2) is 0 Å². The predicted molar refractivity (Wildman–Crippen MR) is 61.8 cm³/mol. The highest BCUT2D eigenvalue weighted by Gasteiger charge is 2.31. The van der Waals surface area contributed by atoms with Gasteiger partial charge >= 0.3 is 6.18 Å². The molecule has 2 N–H and O–H groups in total. The van der Waals surface area contributed by atoms with E-state index in [1.165, 1.54) is 16.8 Å². The number of nitrogens with two attached hydrogens (primary N) is 1. The van der Waals surface area contributed by atoms with E-state index in [0.717, 1.165) is 12.1 Å². The average molecular weight is 269 g/mol. The number of nitrogens with zero attached hydrogens (tertiary/aromatic N) is 2. The van der Waals surface area contributed by atoms with Crippen molar-refractivity contribution < 1.29 is 18.0 Å². The first-order valence-corrected chi connectivity index (χ1v) is 5.32. The molecule has 0 saturated heterocycles. The molecule has 2 aromatic rings. The van der Waals surface area contributed by atoms with E-state index in [2.05, 4.69) is 4.98 Å². The highest BCUT2D eigenvalue weighted by atomic mass is 19.4. The fourth-order valence-corrected chi connectivity index (χ4v) is 1.75. The van der Waals surface area contributed by atoms with E-state index < -0.39 is 17.6 Å². The van der Waals surface area contributed by atoms with E-state index in [9.17, 15) is 18.0 Å². The lowest BCUT2D eigenvalue weighted by Gasteiger charge is -2.13. The number of primary amides is 1. The van der Waals surface area contributed by atoms with Crippen LogP contribution in [0.1, 0.15) is 21.7 Å². The van der Waals surface area contributed by atoms with Crippen molar-refractivity contribution in [1.29, 1.82) is 0 Å². The first kappa shape index (κ1) is 13.1. The molecule has 19 heavy (non-hydrogen) atoms. The van der Waals surface area contributed by atoms with Gasteiger partial charge in [-0.1, -0.05) is 0 Å². The number of aryl methyl sites for hydroxylation is 1. The molecule has 100 valence electrons. The number of imidazole rings is 1. The third kappa shape index (κ3) is 2.44. The minimum atomic E-state index is -4.52. The van der Waals surface area contributed by atoms with Gasteiger partial charge in [0, 0.05) is 12.4 Å². The van der Waals surface area contributed by atoms with Crippen molar-refractivity contribution in [3.8, 4) is 5.69 Å². The smallest absolute Gasteiger partial charge is 0.366 e. The summed E-state index contributed by atoms with van der Waals surface area (Å²) in [7, 11) is 0. The van der Waals surface area contributed by atoms with E-state index >= 15 is 0 Å². The second kappa shape index (κ2) is 4.42. The van der Waals surface area contributed by atoms with Gasteiger partial charge < -0.3 is 10.3 Å². The molecule has 1 heterocycles. The molecule has 1 aromatic heterocycles. The number of benzene rings is 1. The Morgan fingerprint density at radius 1 is 1.37 bits per heavy atom. The van der Waals surface area contributed by atoms with Crippen LogP contribution < -0.4 is 5.73 Å². The highest BCUT2D eigenvalue weighted by molar-refractivity contribution is 5.96. The predicted octanol–water partition coefficient (Wildman–Crippen LogP) is 2.30. The lowest BCUT2D eigenvalue weighted by molar-refractivity contribution is -0.137. The maximum absolute atomic E-state index is 12.6. The summed E-state index contributed by atoms with van der Waals surface area (Å²) >= 11 is 0. The maximum atomic E-state index is 12.6. The number of alkyl halides is 3. The van der Waals surface area contributed by atoms with Crippen molar-refractivity contribution in [3.05, 3.63) is 47.5 Å². The number of aromatic nitrogens is 2. The van der Waals surface area contributed by atoms with E-state index in [-0.39, 0.29) is 11.3 Å². The Balaban J connectivity index is 2.64. The minimum Gasteiger partial charge on any atom is -0.366 e. The van der Waals surface area contributed by atoms with E-state index in [1.807, 2.05) is 0 Å². The molecule has 7 heteroatoms. The summed E-state index contributed by atoms with van der Waals surface area (Å²) in [6, 6.07) is 2.86. The van der Waals surface area contributed by atoms with Crippen LogP contribution in [0, 0.1) is 6.92 Å². The van der Waals surface area contributed by atoms with Crippen molar-refractivity contribution in [1.82, 2.24) is 9.55 Å². The van der Waals surface area contributed by atoms with Gasteiger partial charge in [0.2, 0.25) is 0 Å². The van der Waals surface area contributed by atoms with Crippen LogP contribution in [0.4, 0.5) is 13.2 Å². The van der Waals surface area contributed by atoms with Crippen molar-refractivity contribution in [3.63, 3.8) is 0 Å². The first-order chi connectivity index (χ1) is 8.80. The van der Waals surface area contributed by atoms with Crippen LogP contribution in [0.25, 0.3) is 5.69 Å². The number of carbonyl (C=O) groups is 1. The van der Waals surface area contributed by atoms with Gasteiger partial charge in [-0.05, 0) is 25.1 Å². The lowest BCUT2D eigenvalue weighted by atomic mass is 10.1. The fraction of sp³-hybridized carbons (Fsp3) is 0.167. The third-order valence-electron chi connectivity index (χ3n) is 2.67. The van der Waals surface area contributed by atoms with E-state index in [1.54, 1.807) is 13.1 Å². The number of halogens is 3. The van der Waals surface area contributed by atoms with Crippen LogP contribution in [0.5, 0.6) is 0 Å². The largest absolute Gasteiger partial charge is 0.416 e. The van der Waals surface area contributed by atoms with Crippen LogP contribution in [-0.2, 0) is 6.18 Å². The first-order valence-electron chi connectivity index (χ1n) is 5.32. The molecule has 0 spiro atoms. The van der Waals surface area contributed by atoms with Gasteiger partial charge in [0.05, 0.1) is 16.8 Å². The van der Waals surface area contributed by atoms with Crippen LogP contribution >= 0.6 is 0 Å². The number of hydrogen-bond acceptors (Lipinski definition) is 2. The van der Waals surface area contributed by atoms with E-state index in [0.29, 0.717) is 5.82 Å². The summed E-state index contributed by atoms with van der Waals surface area (Å²) in [5, 5.41) is 0. The van der Waals surface area contributed by atoms with Gasteiger partial charge in [0.1, 0.15) is 5.82 Å². The summed E-state index contributed by atoms with van der Waals surface area (Å²) in [4.78, 5) is 15.3. The Kier molecular flexibility index (Phi) is 3.05. The molecule has 4 nitrogen and oxygen atoms in total.